The molecule has 7 nitrogen and oxygen atoms in total. The van der Waals surface area contributed by atoms with Crippen LogP contribution in [0.4, 0.5) is 9.80 Å². The normalized spacial score (nSPS) is 11.4. The molecule has 0 bridgehead atoms. The Bertz CT molecular complexity index is 1160. The zero-order valence-electron chi connectivity index (χ0n) is 20.2. The Balaban J connectivity index is 1.94. The topological polar surface area (TPSA) is 81.5 Å². The number of ether oxygens (including phenoxy) is 1. The van der Waals surface area contributed by atoms with Gasteiger partial charge in [-0.15, -0.1) is 11.3 Å². The van der Waals surface area contributed by atoms with Crippen LogP contribution in [0.15, 0.2) is 42.7 Å². The van der Waals surface area contributed by atoms with Crippen LogP contribution in [0.25, 0.3) is 11.1 Å². The Hall–Kier alpha value is -2.65. The molecule has 2 heterocycles. The number of thiol groups is 1. The summed E-state index contributed by atoms with van der Waals surface area (Å²) >= 11 is 1.33. The van der Waals surface area contributed by atoms with E-state index in [0.717, 1.165) is 51.0 Å². The summed E-state index contributed by atoms with van der Waals surface area (Å²) in [6.07, 6.45) is 6.11. The fourth-order valence-electron chi connectivity index (χ4n) is 3.67. The first kappa shape index (κ1) is 26.0. The number of amides is 1. The Labute approximate surface area is 207 Å². The third-order valence-corrected chi connectivity index (χ3v) is 7.33. The fourth-order valence-corrected chi connectivity index (χ4v) is 5.73. The molecule has 0 radical (unpaired) electrons. The van der Waals surface area contributed by atoms with Crippen molar-refractivity contribution in [1.29, 1.82) is 0 Å². The maximum atomic E-state index is 12.7. The fraction of sp³-hybridized carbons (Fsp3) is 0.440. The molecule has 0 spiro atoms. The molecule has 2 aromatic heterocycles. The van der Waals surface area contributed by atoms with Crippen molar-refractivity contribution in [2.75, 3.05) is 10.9 Å². The lowest BCUT2D eigenvalue weighted by Crippen LogP contribution is -2.30. The molecule has 1 aromatic carbocycles. The van der Waals surface area contributed by atoms with Gasteiger partial charge in [0.2, 0.25) is 10.9 Å². The van der Waals surface area contributed by atoms with Gasteiger partial charge in [-0.25, -0.2) is 18.2 Å². The van der Waals surface area contributed by atoms with Crippen molar-refractivity contribution in [3.63, 3.8) is 0 Å². The van der Waals surface area contributed by atoms with Crippen molar-refractivity contribution >= 4 is 33.3 Å². The average Bonchev–Trinajstić information content (AvgIpc) is 3.40. The number of aromatic nitrogens is 2. The molecule has 184 valence electrons. The molecule has 9 heteroatoms. The molecule has 0 aliphatic heterocycles. The Morgan fingerprint density at radius 2 is 1.94 bits per heavy atom. The standard InChI is InChI=1S/C25H33N3O4S2/c1-5-7-14-32-25(29)28(34(30)31)24-22(16-21(33-24)15-18(3)4)20-10-8-19(9-11-20)17-27-13-12-26-23(27)6-2/h8-13,16,18,34H,5-7,14-15,17H2,1-4H3. The van der Waals surface area contributed by atoms with Crippen molar-refractivity contribution < 1.29 is 17.9 Å². The summed E-state index contributed by atoms with van der Waals surface area (Å²) < 4.78 is 32.4. The number of rotatable bonds is 11. The number of aryl methyl sites for hydroxylation is 1. The quantitative estimate of drug-likeness (QED) is 0.268. The van der Waals surface area contributed by atoms with Gasteiger partial charge in [0.25, 0.3) is 0 Å². The molecule has 0 fully saturated rings. The van der Waals surface area contributed by atoms with Crippen molar-refractivity contribution in [1.82, 2.24) is 9.55 Å². The van der Waals surface area contributed by atoms with Crippen LogP contribution in [0.2, 0.25) is 0 Å². The van der Waals surface area contributed by atoms with Gasteiger partial charge in [-0.3, -0.25) is 0 Å². The third kappa shape index (κ3) is 6.48. The minimum atomic E-state index is -3.19. The molecule has 0 aliphatic rings. The third-order valence-electron chi connectivity index (χ3n) is 5.36. The lowest BCUT2D eigenvalue weighted by Gasteiger charge is -2.16. The van der Waals surface area contributed by atoms with Gasteiger partial charge in [-0.2, -0.15) is 4.31 Å². The number of hydrogen-bond donors (Lipinski definition) is 1. The summed E-state index contributed by atoms with van der Waals surface area (Å²) in [6.45, 7) is 9.18. The smallest absolute Gasteiger partial charge is 0.428 e. The summed E-state index contributed by atoms with van der Waals surface area (Å²) in [7, 11) is -3.19. The van der Waals surface area contributed by atoms with E-state index in [2.05, 4.69) is 30.3 Å². The van der Waals surface area contributed by atoms with Crippen LogP contribution >= 0.6 is 11.3 Å². The van der Waals surface area contributed by atoms with Gasteiger partial charge < -0.3 is 9.30 Å². The molecular formula is C25H33N3O4S2. The minimum absolute atomic E-state index is 0.192. The first-order valence-corrected chi connectivity index (χ1v) is 13.6. The van der Waals surface area contributed by atoms with Gasteiger partial charge in [0.1, 0.15) is 10.8 Å². The molecule has 1 amide bonds. The maximum absolute atomic E-state index is 12.7. The average molecular weight is 504 g/mol. The van der Waals surface area contributed by atoms with Crippen LogP contribution in [0.3, 0.4) is 0 Å². The summed E-state index contributed by atoms with van der Waals surface area (Å²) in [5, 5.41) is 0.379. The molecule has 0 saturated carbocycles. The molecule has 0 saturated heterocycles. The van der Waals surface area contributed by atoms with E-state index >= 15 is 0 Å². The Morgan fingerprint density at radius 1 is 1.21 bits per heavy atom. The summed E-state index contributed by atoms with van der Waals surface area (Å²) in [5.41, 5.74) is 2.69. The lowest BCUT2D eigenvalue weighted by molar-refractivity contribution is 0.156. The Morgan fingerprint density at radius 3 is 2.56 bits per heavy atom. The zero-order chi connectivity index (χ0) is 24.7. The maximum Gasteiger partial charge on any atom is 0.428 e. The number of imidazole rings is 1. The Kier molecular flexibility index (Phi) is 9.29. The molecule has 0 atom stereocenters. The number of nitrogens with zero attached hydrogens (tertiary/aromatic N) is 3. The van der Waals surface area contributed by atoms with Gasteiger partial charge >= 0.3 is 6.09 Å². The predicted molar refractivity (Wildman–Crippen MR) is 138 cm³/mol. The predicted octanol–water partition coefficient (Wildman–Crippen LogP) is 5.69. The molecule has 0 unspecified atom stereocenters. The van der Waals surface area contributed by atoms with Gasteiger partial charge in [-0.1, -0.05) is 58.4 Å². The van der Waals surface area contributed by atoms with Crippen LogP contribution in [-0.2, 0) is 35.0 Å². The van der Waals surface area contributed by atoms with Crippen LogP contribution in [-0.4, -0.2) is 30.7 Å². The molecule has 3 aromatic rings. The van der Waals surface area contributed by atoms with Gasteiger partial charge in [0.05, 0.1) is 6.61 Å². The SMILES string of the molecule is CCCCOC(=O)N(c1sc(CC(C)C)cc1-c1ccc(Cn2ccnc2CC)cc1)[SH](=O)=O. The number of carbonyl (C=O) groups is 1. The summed E-state index contributed by atoms with van der Waals surface area (Å²) in [5.74, 6) is 1.43. The van der Waals surface area contributed by atoms with Crippen molar-refractivity contribution in [3.8, 4) is 11.1 Å². The molecule has 0 N–H and O–H groups in total. The van der Waals surface area contributed by atoms with Crippen LogP contribution in [0.1, 0.15) is 56.8 Å². The zero-order valence-corrected chi connectivity index (χ0v) is 21.9. The van der Waals surface area contributed by atoms with Crippen LogP contribution in [0.5, 0.6) is 0 Å². The second-order valence-corrected chi connectivity index (χ2v) is 10.6. The van der Waals surface area contributed by atoms with E-state index in [0.29, 0.717) is 23.9 Å². The van der Waals surface area contributed by atoms with Crippen molar-refractivity contribution in [3.05, 3.63) is 59.0 Å². The number of anilines is 1. The van der Waals surface area contributed by atoms with Crippen LogP contribution < -0.4 is 4.31 Å². The highest BCUT2D eigenvalue weighted by Crippen LogP contribution is 2.40. The number of unbranched alkanes of at least 4 members (excludes halogenated alkanes) is 1. The van der Waals surface area contributed by atoms with E-state index in [1.54, 1.807) is 6.20 Å². The van der Waals surface area contributed by atoms with Gasteiger partial charge in [-0.05, 0) is 36.0 Å². The first-order chi connectivity index (χ1) is 16.3. The number of carbonyl (C=O) groups excluding carboxylic acids is 1. The van der Waals surface area contributed by atoms with E-state index in [1.165, 1.54) is 11.3 Å². The molecular weight excluding hydrogens is 470 g/mol. The van der Waals surface area contributed by atoms with E-state index < -0.39 is 17.0 Å². The second kappa shape index (κ2) is 12.2. The number of thiophene rings is 1. The minimum Gasteiger partial charge on any atom is -0.448 e. The second-order valence-electron chi connectivity index (χ2n) is 8.57. The van der Waals surface area contributed by atoms with Gasteiger partial charge in [0, 0.05) is 35.8 Å². The highest BCUT2D eigenvalue weighted by atomic mass is 32.2. The van der Waals surface area contributed by atoms with E-state index in [1.807, 2.05) is 43.5 Å². The molecule has 34 heavy (non-hydrogen) atoms. The highest BCUT2D eigenvalue weighted by Gasteiger charge is 2.26. The van der Waals surface area contributed by atoms with Crippen molar-refractivity contribution in [2.24, 2.45) is 5.92 Å². The van der Waals surface area contributed by atoms with Gasteiger partial charge in [0.15, 0.2) is 0 Å². The summed E-state index contributed by atoms with van der Waals surface area (Å²) in [6, 6.07) is 9.99. The number of hydrogen-bond acceptors (Lipinski definition) is 6. The largest absolute Gasteiger partial charge is 0.448 e. The van der Waals surface area contributed by atoms with Crippen molar-refractivity contribution in [2.45, 2.75) is 59.9 Å². The lowest BCUT2D eigenvalue weighted by atomic mass is 10.0. The van der Waals surface area contributed by atoms with Crippen LogP contribution in [0, 0.1) is 5.92 Å². The monoisotopic (exact) mass is 503 g/mol. The first-order valence-electron chi connectivity index (χ1n) is 11.7. The van der Waals surface area contributed by atoms with E-state index in [-0.39, 0.29) is 6.61 Å². The van der Waals surface area contributed by atoms with E-state index in [9.17, 15) is 13.2 Å². The summed E-state index contributed by atoms with van der Waals surface area (Å²) in [4.78, 5) is 18.1. The molecule has 3 rings (SSSR count). The molecule has 0 aliphatic carbocycles. The van der Waals surface area contributed by atoms with E-state index in [4.69, 9.17) is 4.74 Å². The highest BCUT2D eigenvalue weighted by molar-refractivity contribution is 7.75. The number of benzene rings is 1.